The quantitative estimate of drug-likeness (QED) is 0.934. The standard InChI is InChI=1S/C15H16N2O4S/c1-20-14-7-4-3-6-11(14)13-10-12(15-8-5-9-21-15)16-17(13)22(2,18)19/h3-10,13,16H,1-2H3/t13-/m0/s1. The van der Waals surface area contributed by atoms with Gasteiger partial charge in [-0.25, -0.2) is 8.42 Å². The maximum absolute atomic E-state index is 12.1. The normalized spacial score (nSPS) is 18.8. The van der Waals surface area contributed by atoms with Crippen LogP contribution < -0.4 is 10.2 Å². The Bertz CT molecular complexity index is 797. The third-order valence-electron chi connectivity index (χ3n) is 3.41. The second-order valence-corrected chi connectivity index (χ2v) is 6.77. The first kappa shape index (κ1) is 14.7. The van der Waals surface area contributed by atoms with Crippen molar-refractivity contribution in [2.75, 3.05) is 13.4 Å². The molecule has 0 saturated heterocycles. The van der Waals surface area contributed by atoms with Gasteiger partial charge in [-0.1, -0.05) is 18.2 Å². The second-order valence-electron chi connectivity index (χ2n) is 4.92. The summed E-state index contributed by atoms with van der Waals surface area (Å²) in [7, 11) is -1.92. The Kier molecular flexibility index (Phi) is 3.67. The Morgan fingerprint density at radius 1 is 1.23 bits per heavy atom. The monoisotopic (exact) mass is 320 g/mol. The molecule has 0 fully saturated rings. The molecular weight excluding hydrogens is 304 g/mol. The molecule has 2 heterocycles. The van der Waals surface area contributed by atoms with Gasteiger partial charge in [0, 0.05) is 5.56 Å². The zero-order valence-corrected chi connectivity index (χ0v) is 13.0. The minimum Gasteiger partial charge on any atom is -0.496 e. The van der Waals surface area contributed by atoms with Crippen LogP contribution in [0.1, 0.15) is 17.4 Å². The lowest BCUT2D eigenvalue weighted by Crippen LogP contribution is -2.38. The maximum Gasteiger partial charge on any atom is 0.228 e. The Morgan fingerprint density at radius 2 is 2.00 bits per heavy atom. The van der Waals surface area contributed by atoms with Gasteiger partial charge in [0.15, 0.2) is 5.76 Å². The molecule has 0 amide bonds. The van der Waals surface area contributed by atoms with Crippen LogP contribution in [0.2, 0.25) is 0 Å². The first-order chi connectivity index (χ1) is 10.5. The van der Waals surface area contributed by atoms with Gasteiger partial charge in [-0.05, 0) is 24.3 Å². The van der Waals surface area contributed by atoms with Crippen LogP contribution in [0.4, 0.5) is 0 Å². The van der Waals surface area contributed by atoms with Gasteiger partial charge in [-0.3, -0.25) is 0 Å². The molecule has 6 nitrogen and oxygen atoms in total. The van der Waals surface area contributed by atoms with E-state index in [0.717, 1.165) is 11.8 Å². The average Bonchev–Trinajstić information content (AvgIpc) is 3.15. The second kappa shape index (κ2) is 5.51. The summed E-state index contributed by atoms with van der Waals surface area (Å²) in [6, 6.07) is 10.3. The maximum atomic E-state index is 12.1. The third-order valence-corrected chi connectivity index (χ3v) is 4.44. The van der Waals surface area contributed by atoms with Crippen LogP contribution in [-0.2, 0) is 10.0 Å². The lowest BCUT2D eigenvalue weighted by atomic mass is 10.1. The van der Waals surface area contributed by atoms with Crippen LogP contribution in [0.3, 0.4) is 0 Å². The molecule has 22 heavy (non-hydrogen) atoms. The van der Waals surface area contributed by atoms with Crippen LogP contribution >= 0.6 is 0 Å². The van der Waals surface area contributed by atoms with E-state index in [9.17, 15) is 8.42 Å². The zero-order valence-electron chi connectivity index (χ0n) is 12.2. The number of benzene rings is 1. The molecular formula is C15H16N2O4S. The molecule has 7 heteroatoms. The summed E-state index contributed by atoms with van der Waals surface area (Å²) < 4.78 is 36.1. The highest BCUT2D eigenvalue weighted by atomic mass is 32.2. The third kappa shape index (κ3) is 2.60. The van der Waals surface area contributed by atoms with E-state index in [-0.39, 0.29) is 0 Å². The molecule has 0 radical (unpaired) electrons. The minimum atomic E-state index is -3.48. The fraction of sp³-hybridized carbons (Fsp3) is 0.200. The molecule has 0 unspecified atom stereocenters. The molecule has 0 bridgehead atoms. The number of nitrogens with one attached hydrogen (secondary N) is 1. The highest BCUT2D eigenvalue weighted by molar-refractivity contribution is 7.88. The van der Waals surface area contributed by atoms with Gasteiger partial charge in [0.05, 0.1) is 31.4 Å². The van der Waals surface area contributed by atoms with E-state index in [2.05, 4.69) is 5.43 Å². The van der Waals surface area contributed by atoms with Gasteiger partial charge in [0.25, 0.3) is 0 Å². The summed E-state index contributed by atoms with van der Waals surface area (Å²) in [4.78, 5) is 0. The van der Waals surface area contributed by atoms with Crippen molar-refractivity contribution in [3.05, 3.63) is 60.1 Å². The van der Waals surface area contributed by atoms with Gasteiger partial charge < -0.3 is 14.6 Å². The van der Waals surface area contributed by atoms with E-state index in [1.165, 1.54) is 4.41 Å². The summed E-state index contributed by atoms with van der Waals surface area (Å²) in [6.45, 7) is 0. The Hall–Kier alpha value is -2.25. The van der Waals surface area contributed by atoms with Crippen molar-refractivity contribution in [3.63, 3.8) is 0 Å². The number of para-hydroxylation sites is 1. The lowest BCUT2D eigenvalue weighted by Gasteiger charge is -2.23. The largest absolute Gasteiger partial charge is 0.496 e. The number of hydrazine groups is 1. The molecule has 1 N–H and O–H groups in total. The smallest absolute Gasteiger partial charge is 0.228 e. The van der Waals surface area contributed by atoms with Crippen molar-refractivity contribution in [1.82, 2.24) is 9.84 Å². The molecule has 116 valence electrons. The zero-order chi connectivity index (χ0) is 15.7. The van der Waals surface area contributed by atoms with Crippen molar-refractivity contribution in [3.8, 4) is 5.75 Å². The van der Waals surface area contributed by atoms with Crippen molar-refractivity contribution >= 4 is 15.7 Å². The molecule has 0 spiro atoms. The Balaban J connectivity index is 2.08. The minimum absolute atomic E-state index is 0.508. The summed E-state index contributed by atoms with van der Waals surface area (Å²) in [5.74, 6) is 1.20. The number of furan rings is 1. The van der Waals surface area contributed by atoms with Crippen LogP contribution in [-0.4, -0.2) is 26.2 Å². The van der Waals surface area contributed by atoms with E-state index in [1.807, 2.05) is 18.2 Å². The molecule has 1 aromatic heterocycles. The van der Waals surface area contributed by atoms with E-state index < -0.39 is 16.1 Å². The van der Waals surface area contributed by atoms with Gasteiger partial charge in [0.2, 0.25) is 10.0 Å². The van der Waals surface area contributed by atoms with E-state index in [0.29, 0.717) is 17.2 Å². The van der Waals surface area contributed by atoms with Crippen LogP contribution in [0, 0.1) is 0 Å². The first-order valence-electron chi connectivity index (χ1n) is 6.65. The fourth-order valence-corrected chi connectivity index (χ4v) is 3.29. The number of hydrogen-bond acceptors (Lipinski definition) is 5. The number of rotatable bonds is 4. The van der Waals surface area contributed by atoms with Crippen LogP contribution in [0.5, 0.6) is 5.75 Å². The number of sulfonamides is 1. The predicted octanol–water partition coefficient (Wildman–Crippen LogP) is 2.15. The molecule has 0 saturated carbocycles. The first-order valence-corrected chi connectivity index (χ1v) is 8.50. The predicted molar refractivity (Wildman–Crippen MR) is 82.2 cm³/mol. The molecule has 0 aliphatic carbocycles. The summed E-state index contributed by atoms with van der Waals surface area (Å²) in [5, 5.41) is 0. The van der Waals surface area contributed by atoms with Crippen molar-refractivity contribution in [2.24, 2.45) is 0 Å². The highest BCUT2D eigenvalue weighted by Crippen LogP contribution is 2.37. The SMILES string of the molecule is COc1ccccc1[C@@H]1C=C(c2ccco2)NN1S(C)(=O)=O. The van der Waals surface area contributed by atoms with Crippen LogP contribution in [0.15, 0.2) is 53.2 Å². The number of hydrogen-bond donors (Lipinski definition) is 1. The Morgan fingerprint density at radius 3 is 2.64 bits per heavy atom. The molecule has 1 atom stereocenters. The van der Waals surface area contributed by atoms with Gasteiger partial charge in [-0.2, -0.15) is 0 Å². The fourth-order valence-electron chi connectivity index (χ4n) is 2.44. The van der Waals surface area contributed by atoms with Gasteiger partial charge in [-0.15, -0.1) is 4.41 Å². The molecule has 1 aliphatic rings. The summed E-state index contributed by atoms with van der Waals surface area (Å²) >= 11 is 0. The van der Waals surface area contributed by atoms with Gasteiger partial charge in [0.1, 0.15) is 5.75 Å². The summed E-state index contributed by atoms with van der Waals surface area (Å²) in [5.41, 5.74) is 4.25. The van der Waals surface area contributed by atoms with E-state index >= 15 is 0 Å². The highest BCUT2D eigenvalue weighted by Gasteiger charge is 2.35. The van der Waals surface area contributed by atoms with Crippen LogP contribution in [0.25, 0.3) is 5.70 Å². The molecule has 1 aliphatic heterocycles. The van der Waals surface area contributed by atoms with E-state index in [4.69, 9.17) is 9.15 Å². The molecule has 3 rings (SSSR count). The number of methoxy groups -OCH3 is 1. The molecule has 1 aromatic carbocycles. The molecule has 2 aromatic rings. The average molecular weight is 320 g/mol. The number of ether oxygens (including phenoxy) is 1. The Labute approximate surface area is 129 Å². The number of nitrogens with zero attached hydrogens (tertiary/aromatic N) is 1. The van der Waals surface area contributed by atoms with Gasteiger partial charge >= 0.3 is 0 Å². The lowest BCUT2D eigenvalue weighted by molar-refractivity contribution is 0.336. The van der Waals surface area contributed by atoms with Crippen molar-refractivity contribution in [1.29, 1.82) is 0 Å². The van der Waals surface area contributed by atoms with E-state index in [1.54, 1.807) is 37.6 Å². The van der Waals surface area contributed by atoms with Crippen molar-refractivity contribution in [2.45, 2.75) is 6.04 Å². The summed E-state index contributed by atoms with van der Waals surface area (Å²) in [6.07, 6.45) is 4.50. The topological polar surface area (TPSA) is 71.8 Å². The van der Waals surface area contributed by atoms with Crippen molar-refractivity contribution < 1.29 is 17.6 Å².